The van der Waals surface area contributed by atoms with Gasteiger partial charge in [0.15, 0.2) is 0 Å². The second-order valence-corrected chi connectivity index (χ2v) is 6.61. The molecule has 1 aliphatic rings. The molecule has 1 aliphatic heterocycles. The summed E-state index contributed by atoms with van der Waals surface area (Å²) in [6.07, 6.45) is 5.21. The maximum atomic E-state index is 11.0. The number of piperidine rings is 1. The highest BCUT2D eigenvalue weighted by Crippen LogP contribution is 2.31. The molecule has 7 heteroatoms. The fourth-order valence-corrected chi connectivity index (χ4v) is 3.06. The first-order valence-electron chi connectivity index (χ1n) is 8.04. The SMILES string of the molecule is CC(C)n1cc([C@@]2(O)CCCN(Cc3ccnc(N)c3)C2)nn1. The number of aliphatic hydroxyl groups is 1. The summed E-state index contributed by atoms with van der Waals surface area (Å²) >= 11 is 0. The van der Waals surface area contributed by atoms with E-state index in [9.17, 15) is 5.11 Å². The van der Waals surface area contributed by atoms with Crippen LogP contribution in [0.5, 0.6) is 0 Å². The molecular weight excluding hydrogens is 292 g/mol. The average molecular weight is 316 g/mol. The highest BCUT2D eigenvalue weighted by Gasteiger charge is 2.37. The van der Waals surface area contributed by atoms with Gasteiger partial charge in [-0.2, -0.15) is 0 Å². The van der Waals surface area contributed by atoms with E-state index in [0.717, 1.165) is 25.1 Å². The summed E-state index contributed by atoms with van der Waals surface area (Å²) in [5.41, 5.74) is 6.56. The number of aromatic nitrogens is 4. The fourth-order valence-electron chi connectivity index (χ4n) is 3.06. The summed E-state index contributed by atoms with van der Waals surface area (Å²) in [6.45, 7) is 6.33. The third kappa shape index (κ3) is 3.51. The molecule has 3 heterocycles. The first-order valence-corrected chi connectivity index (χ1v) is 8.04. The smallest absolute Gasteiger partial charge is 0.123 e. The molecule has 0 amide bonds. The number of β-amino-alcohol motifs (C(OH)–C–C–N with tert-alkyl or cyclic N) is 1. The first kappa shape index (κ1) is 15.9. The van der Waals surface area contributed by atoms with Gasteiger partial charge in [0.1, 0.15) is 17.1 Å². The van der Waals surface area contributed by atoms with Gasteiger partial charge in [-0.05, 0) is 50.9 Å². The molecule has 3 N–H and O–H groups in total. The molecule has 7 nitrogen and oxygen atoms in total. The van der Waals surface area contributed by atoms with Crippen LogP contribution in [0.4, 0.5) is 5.82 Å². The lowest BCUT2D eigenvalue weighted by molar-refractivity contribution is -0.0414. The van der Waals surface area contributed by atoms with Crippen molar-refractivity contribution < 1.29 is 5.11 Å². The lowest BCUT2D eigenvalue weighted by Gasteiger charge is -2.38. The van der Waals surface area contributed by atoms with Crippen LogP contribution in [-0.2, 0) is 12.1 Å². The molecule has 0 saturated carbocycles. The fraction of sp³-hybridized carbons (Fsp3) is 0.562. The summed E-state index contributed by atoms with van der Waals surface area (Å²) in [5, 5.41) is 19.4. The summed E-state index contributed by atoms with van der Waals surface area (Å²) in [5.74, 6) is 0.523. The first-order chi connectivity index (χ1) is 11.0. The van der Waals surface area contributed by atoms with Gasteiger partial charge >= 0.3 is 0 Å². The van der Waals surface area contributed by atoms with Crippen molar-refractivity contribution >= 4 is 5.82 Å². The van der Waals surface area contributed by atoms with E-state index in [0.29, 0.717) is 24.5 Å². The maximum Gasteiger partial charge on any atom is 0.123 e. The van der Waals surface area contributed by atoms with Crippen LogP contribution < -0.4 is 5.73 Å². The van der Waals surface area contributed by atoms with Crippen LogP contribution in [0.15, 0.2) is 24.5 Å². The van der Waals surface area contributed by atoms with Crippen LogP contribution in [-0.4, -0.2) is 43.1 Å². The minimum atomic E-state index is -0.941. The Balaban J connectivity index is 1.73. The van der Waals surface area contributed by atoms with Crippen LogP contribution in [0.1, 0.15) is 44.0 Å². The van der Waals surface area contributed by atoms with E-state index < -0.39 is 5.60 Å². The molecule has 1 saturated heterocycles. The second-order valence-electron chi connectivity index (χ2n) is 6.61. The standard InChI is InChI=1S/C16H24N6O/c1-12(2)22-10-14(19-20-22)16(23)5-3-7-21(11-16)9-13-4-6-18-15(17)8-13/h4,6,8,10,12,23H,3,5,7,9,11H2,1-2H3,(H2,17,18)/t16-/m1/s1. The van der Waals surface area contributed by atoms with Gasteiger partial charge in [-0.1, -0.05) is 5.21 Å². The van der Waals surface area contributed by atoms with Crippen molar-refractivity contribution in [2.75, 3.05) is 18.8 Å². The summed E-state index contributed by atoms with van der Waals surface area (Å²) in [7, 11) is 0. The minimum absolute atomic E-state index is 0.235. The van der Waals surface area contributed by atoms with Crippen molar-refractivity contribution in [3.8, 4) is 0 Å². The van der Waals surface area contributed by atoms with Gasteiger partial charge in [0.2, 0.25) is 0 Å². The average Bonchev–Trinajstić information content (AvgIpc) is 2.98. The van der Waals surface area contributed by atoms with Crippen LogP contribution in [0.3, 0.4) is 0 Å². The largest absolute Gasteiger partial charge is 0.384 e. The van der Waals surface area contributed by atoms with Gasteiger partial charge in [0, 0.05) is 25.3 Å². The highest BCUT2D eigenvalue weighted by atomic mass is 16.3. The van der Waals surface area contributed by atoms with E-state index in [2.05, 4.69) is 20.2 Å². The number of nitrogen functional groups attached to an aromatic ring is 1. The molecule has 1 fully saturated rings. The molecule has 0 radical (unpaired) electrons. The Bertz CT molecular complexity index is 670. The van der Waals surface area contributed by atoms with E-state index in [4.69, 9.17) is 5.73 Å². The number of hydrogen-bond donors (Lipinski definition) is 2. The van der Waals surface area contributed by atoms with Crippen molar-refractivity contribution in [1.82, 2.24) is 24.9 Å². The number of nitrogens with zero attached hydrogens (tertiary/aromatic N) is 5. The number of rotatable bonds is 4. The highest BCUT2D eigenvalue weighted by molar-refractivity contribution is 5.31. The number of nitrogens with two attached hydrogens (primary N) is 1. The molecule has 124 valence electrons. The molecule has 0 aliphatic carbocycles. The Hall–Kier alpha value is -1.99. The lowest BCUT2D eigenvalue weighted by atomic mass is 9.90. The van der Waals surface area contributed by atoms with Gasteiger partial charge in [0.05, 0.1) is 6.20 Å². The third-order valence-corrected chi connectivity index (χ3v) is 4.32. The topological polar surface area (TPSA) is 93.1 Å². The molecule has 0 spiro atoms. The monoisotopic (exact) mass is 316 g/mol. The zero-order valence-corrected chi connectivity index (χ0v) is 13.7. The van der Waals surface area contributed by atoms with Gasteiger partial charge in [-0.15, -0.1) is 5.10 Å². The number of hydrogen-bond acceptors (Lipinski definition) is 6. The Kier molecular flexibility index (Phi) is 4.32. The Morgan fingerprint density at radius 2 is 2.26 bits per heavy atom. The Morgan fingerprint density at radius 3 is 2.96 bits per heavy atom. The van der Waals surface area contributed by atoms with Crippen molar-refractivity contribution in [1.29, 1.82) is 0 Å². The third-order valence-electron chi connectivity index (χ3n) is 4.32. The van der Waals surface area contributed by atoms with Crippen LogP contribution in [0.2, 0.25) is 0 Å². The normalized spacial score (nSPS) is 22.6. The summed E-state index contributed by atoms with van der Waals surface area (Å²) in [6, 6.07) is 4.07. The van der Waals surface area contributed by atoms with Crippen molar-refractivity contribution in [2.45, 2.75) is 44.9 Å². The van der Waals surface area contributed by atoms with E-state index >= 15 is 0 Å². The van der Waals surface area contributed by atoms with Crippen LogP contribution in [0.25, 0.3) is 0 Å². The van der Waals surface area contributed by atoms with Gasteiger partial charge in [-0.25, -0.2) is 9.67 Å². The molecule has 3 rings (SSSR count). The Labute approximate surface area is 136 Å². The number of pyridine rings is 1. The van der Waals surface area contributed by atoms with Gasteiger partial charge in [-0.3, -0.25) is 4.90 Å². The van der Waals surface area contributed by atoms with Gasteiger partial charge in [0.25, 0.3) is 0 Å². The number of likely N-dealkylation sites (tertiary alicyclic amines) is 1. The van der Waals surface area contributed by atoms with Gasteiger partial charge < -0.3 is 10.8 Å². The summed E-state index contributed by atoms with van der Waals surface area (Å²) < 4.78 is 1.79. The predicted molar refractivity (Wildman–Crippen MR) is 87.5 cm³/mol. The van der Waals surface area contributed by atoms with Crippen LogP contribution >= 0.6 is 0 Å². The molecule has 0 bridgehead atoms. The van der Waals surface area contributed by atoms with Crippen molar-refractivity contribution in [3.63, 3.8) is 0 Å². The second kappa shape index (κ2) is 6.25. The molecule has 2 aromatic heterocycles. The van der Waals surface area contributed by atoms with E-state index in [1.807, 2.05) is 32.2 Å². The lowest BCUT2D eigenvalue weighted by Crippen LogP contribution is -2.45. The number of anilines is 1. The van der Waals surface area contributed by atoms with Crippen molar-refractivity contribution in [2.24, 2.45) is 0 Å². The molecular formula is C16H24N6O. The van der Waals surface area contributed by atoms with E-state index in [-0.39, 0.29) is 6.04 Å². The molecule has 1 atom stereocenters. The predicted octanol–water partition coefficient (Wildman–Crippen LogP) is 1.32. The van der Waals surface area contributed by atoms with Crippen molar-refractivity contribution in [3.05, 3.63) is 35.8 Å². The molecule has 0 aromatic carbocycles. The zero-order chi connectivity index (χ0) is 16.4. The van der Waals surface area contributed by atoms with E-state index in [1.54, 1.807) is 10.9 Å². The van der Waals surface area contributed by atoms with E-state index in [1.165, 1.54) is 0 Å². The Morgan fingerprint density at radius 1 is 1.43 bits per heavy atom. The molecule has 0 unspecified atom stereocenters. The van der Waals surface area contributed by atoms with Crippen LogP contribution in [0, 0.1) is 0 Å². The maximum absolute atomic E-state index is 11.0. The molecule has 2 aromatic rings. The zero-order valence-electron chi connectivity index (χ0n) is 13.7. The molecule has 23 heavy (non-hydrogen) atoms. The summed E-state index contributed by atoms with van der Waals surface area (Å²) in [4.78, 5) is 6.25. The minimum Gasteiger partial charge on any atom is -0.384 e. The quantitative estimate of drug-likeness (QED) is 0.883.